The molecule has 1 aromatic carbocycles. The van der Waals surface area contributed by atoms with Crippen molar-refractivity contribution in [2.75, 3.05) is 12.4 Å². The van der Waals surface area contributed by atoms with Gasteiger partial charge in [0.2, 0.25) is 0 Å². The third kappa shape index (κ3) is 6.69. The fourth-order valence-corrected chi connectivity index (χ4v) is 6.95. The summed E-state index contributed by atoms with van der Waals surface area (Å²) in [6.45, 7) is 8.70. The van der Waals surface area contributed by atoms with Gasteiger partial charge in [-0.1, -0.05) is 113 Å². The maximum Gasteiger partial charge on any atom is 0.187 e. The van der Waals surface area contributed by atoms with Crippen LogP contribution in [0.15, 0.2) is 60.3 Å². The molecular formula is C30H41N3S. The molecule has 0 bridgehead atoms. The number of rotatable bonds is 9. The van der Waals surface area contributed by atoms with Gasteiger partial charge in [0, 0.05) is 18.9 Å². The number of nitrogens with one attached hydrogen (secondary N) is 1. The van der Waals surface area contributed by atoms with E-state index in [4.69, 9.17) is 0 Å². The molecule has 2 fully saturated rings. The molecule has 1 aromatic heterocycles. The van der Waals surface area contributed by atoms with Crippen LogP contribution in [0.3, 0.4) is 0 Å². The molecule has 0 amide bonds. The zero-order chi connectivity index (χ0) is 23.8. The van der Waals surface area contributed by atoms with E-state index in [9.17, 15) is 0 Å². The Bertz CT molecular complexity index is 966. The number of aliphatic imine (C=N–C) groups is 1. The summed E-state index contributed by atoms with van der Waals surface area (Å²) < 4.78 is 0. The van der Waals surface area contributed by atoms with E-state index in [1.807, 2.05) is 31.4 Å². The van der Waals surface area contributed by atoms with Gasteiger partial charge in [-0.2, -0.15) is 0 Å². The van der Waals surface area contributed by atoms with Gasteiger partial charge in [-0.05, 0) is 48.2 Å². The van der Waals surface area contributed by atoms with Gasteiger partial charge in [-0.3, -0.25) is 4.99 Å². The largest absolute Gasteiger partial charge is 0.332 e. The van der Waals surface area contributed by atoms with E-state index in [0.717, 1.165) is 51.2 Å². The number of hydrogen-bond donors (Lipinski definition) is 1. The van der Waals surface area contributed by atoms with Crippen molar-refractivity contribution in [3.63, 3.8) is 0 Å². The van der Waals surface area contributed by atoms with Gasteiger partial charge in [-0.15, -0.1) is 0 Å². The highest BCUT2D eigenvalue weighted by molar-refractivity contribution is 7.17. The summed E-state index contributed by atoms with van der Waals surface area (Å²) in [6, 6.07) is 10.2. The zero-order valence-electron chi connectivity index (χ0n) is 20.9. The highest BCUT2D eigenvalue weighted by atomic mass is 32.1. The van der Waals surface area contributed by atoms with Crippen LogP contribution in [-0.2, 0) is 0 Å². The van der Waals surface area contributed by atoms with Crippen molar-refractivity contribution < 1.29 is 0 Å². The SMILES string of the molecule is C=C(C[C@@H]1CCCC[C@H]1CC1CCCCCC1)C(=NC)c1cnc(NC(=C)c2ccccc2)s1. The molecule has 2 aliphatic carbocycles. The Hall–Kier alpha value is -2.20. The average molecular weight is 476 g/mol. The monoisotopic (exact) mass is 475 g/mol. The summed E-state index contributed by atoms with van der Waals surface area (Å²) in [6.07, 6.45) is 18.7. The Morgan fingerprint density at radius 1 is 0.971 bits per heavy atom. The minimum atomic E-state index is 0.754. The van der Waals surface area contributed by atoms with Crippen LogP contribution >= 0.6 is 11.3 Å². The lowest BCUT2D eigenvalue weighted by Crippen LogP contribution is -2.24. The van der Waals surface area contributed by atoms with Gasteiger partial charge in [-0.25, -0.2) is 4.98 Å². The maximum absolute atomic E-state index is 4.66. The normalized spacial score (nSPS) is 22.2. The summed E-state index contributed by atoms with van der Waals surface area (Å²) in [5, 5.41) is 4.21. The van der Waals surface area contributed by atoms with Crippen LogP contribution in [0.4, 0.5) is 5.13 Å². The Labute approximate surface area is 210 Å². The van der Waals surface area contributed by atoms with Crippen molar-refractivity contribution in [2.45, 2.75) is 77.0 Å². The standard InChI is InChI=1S/C30H41N3S/c1-22(19-26-17-11-12-18-27(26)20-24-13-7-4-5-8-14-24)29(31-3)28-21-32-30(34-28)33-23(2)25-15-9-6-10-16-25/h6,9-10,15-16,21,24,26-27H,1-2,4-5,7-8,11-14,17-20H2,3H3,(H,32,33)/t26-,27-/m0/s1. The Morgan fingerprint density at radius 2 is 1.65 bits per heavy atom. The molecule has 1 heterocycles. The molecule has 0 radical (unpaired) electrons. The summed E-state index contributed by atoms with van der Waals surface area (Å²) in [5.41, 5.74) is 4.14. The third-order valence-electron chi connectivity index (χ3n) is 7.86. The Balaban J connectivity index is 1.37. The molecule has 1 N–H and O–H groups in total. The van der Waals surface area contributed by atoms with Crippen molar-refractivity contribution in [3.8, 4) is 0 Å². The highest BCUT2D eigenvalue weighted by Crippen LogP contribution is 2.41. The van der Waals surface area contributed by atoms with E-state index in [0.29, 0.717) is 0 Å². The molecule has 4 rings (SSSR count). The number of nitrogens with zero attached hydrogens (tertiary/aromatic N) is 2. The summed E-state index contributed by atoms with van der Waals surface area (Å²) in [5.74, 6) is 2.57. The first-order chi connectivity index (χ1) is 16.6. The van der Waals surface area contributed by atoms with Crippen molar-refractivity contribution in [1.29, 1.82) is 0 Å². The first kappa shape index (κ1) is 24.9. The minimum Gasteiger partial charge on any atom is -0.332 e. The number of benzene rings is 1. The summed E-state index contributed by atoms with van der Waals surface area (Å²) in [7, 11) is 1.89. The predicted molar refractivity (Wildman–Crippen MR) is 149 cm³/mol. The van der Waals surface area contributed by atoms with Gasteiger partial charge in [0.25, 0.3) is 0 Å². The molecule has 2 atom stereocenters. The van der Waals surface area contributed by atoms with Crippen molar-refractivity contribution in [1.82, 2.24) is 4.98 Å². The van der Waals surface area contributed by atoms with Crippen LogP contribution in [0.25, 0.3) is 5.70 Å². The summed E-state index contributed by atoms with van der Waals surface area (Å²) >= 11 is 1.64. The van der Waals surface area contributed by atoms with Crippen LogP contribution in [-0.4, -0.2) is 17.7 Å². The molecule has 0 saturated heterocycles. The second-order valence-electron chi connectivity index (χ2n) is 10.3. The van der Waals surface area contributed by atoms with Crippen molar-refractivity contribution in [2.24, 2.45) is 22.7 Å². The van der Waals surface area contributed by atoms with Gasteiger partial charge >= 0.3 is 0 Å². The van der Waals surface area contributed by atoms with E-state index in [1.165, 1.54) is 76.2 Å². The van der Waals surface area contributed by atoms with Crippen LogP contribution in [0, 0.1) is 17.8 Å². The fraction of sp³-hybridized carbons (Fsp3) is 0.533. The number of thiazole rings is 1. The van der Waals surface area contributed by atoms with Crippen molar-refractivity contribution >= 4 is 27.9 Å². The van der Waals surface area contributed by atoms with Gasteiger partial charge in [0.1, 0.15) is 0 Å². The van der Waals surface area contributed by atoms with Crippen LogP contribution < -0.4 is 5.32 Å². The van der Waals surface area contributed by atoms with Gasteiger partial charge in [0.05, 0.1) is 10.6 Å². The van der Waals surface area contributed by atoms with Gasteiger partial charge < -0.3 is 5.32 Å². The molecule has 182 valence electrons. The fourth-order valence-electron chi connectivity index (χ4n) is 6.03. The Morgan fingerprint density at radius 3 is 2.35 bits per heavy atom. The molecule has 2 saturated carbocycles. The highest BCUT2D eigenvalue weighted by Gasteiger charge is 2.29. The van der Waals surface area contributed by atoms with E-state index < -0.39 is 0 Å². The molecule has 0 aliphatic heterocycles. The average Bonchev–Trinajstić information content (AvgIpc) is 3.15. The molecule has 34 heavy (non-hydrogen) atoms. The van der Waals surface area contributed by atoms with E-state index in [2.05, 4.69) is 40.6 Å². The molecule has 4 heteroatoms. The lowest BCUT2D eigenvalue weighted by atomic mass is 9.71. The first-order valence-electron chi connectivity index (χ1n) is 13.3. The smallest absolute Gasteiger partial charge is 0.187 e. The predicted octanol–water partition coefficient (Wildman–Crippen LogP) is 8.76. The second-order valence-corrected chi connectivity index (χ2v) is 11.3. The van der Waals surface area contributed by atoms with E-state index in [-0.39, 0.29) is 0 Å². The van der Waals surface area contributed by atoms with Crippen LogP contribution in [0.5, 0.6) is 0 Å². The van der Waals surface area contributed by atoms with E-state index in [1.54, 1.807) is 11.3 Å². The number of anilines is 1. The maximum atomic E-state index is 4.66. The Kier molecular flexibility index (Phi) is 9.15. The molecule has 2 aliphatic rings. The molecular weight excluding hydrogens is 434 g/mol. The second kappa shape index (κ2) is 12.5. The molecule has 0 unspecified atom stereocenters. The molecule has 2 aromatic rings. The van der Waals surface area contributed by atoms with Crippen molar-refractivity contribution in [3.05, 3.63) is 65.7 Å². The minimum absolute atomic E-state index is 0.754. The molecule has 0 spiro atoms. The third-order valence-corrected chi connectivity index (χ3v) is 8.78. The number of allylic oxidation sites excluding steroid dienone is 1. The molecule has 3 nitrogen and oxygen atoms in total. The number of hydrogen-bond acceptors (Lipinski definition) is 4. The quantitative estimate of drug-likeness (QED) is 0.291. The summed E-state index contributed by atoms with van der Waals surface area (Å²) in [4.78, 5) is 10.4. The topological polar surface area (TPSA) is 37.3 Å². The van der Waals surface area contributed by atoms with Gasteiger partial charge in [0.15, 0.2) is 5.13 Å². The number of aromatic nitrogens is 1. The zero-order valence-corrected chi connectivity index (χ0v) is 21.7. The lowest BCUT2D eigenvalue weighted by Gasteiger charge is -2.34. The lowest BCUT2D eigenvalue weighted by molar-refractivity contribution is 0.188. The first-order valence-corrected chi connectivity index (χ1v) is 14.1. The van der Waals surface area contributed by atoms with Crippen LogP contribution in [0.1, 0.15) is 87.5 Å². The van der Waals surface area contributed by atoms with Crippen LogP contribution in [0.2, 0.25) is 0 Å². The van der Waals surface area contributed by atoms with E-state index >= 15 is 0 Å².